The topological polar surface area (TPSA) is 60.0 Å². The standard InChI is InChI=1S/C21H19N5O/c1-16(27)22-18-12-14-20(15-13-18)26-23-21(17-8-4-2-5-9-17)25(24-26)19-10-6-3-7-11-19/h2-15,24H,1H3,(H,22,27). The number of amides is 1. The second-order valence-corrected chi connectivity index (χ2v) is 6.10. The first kappa shape index (κ1) is 16.8. The minimum absolute atomic E-state index is 0.0957. The highest BCUT2D eigenvalue weighted by Gasteiger charge is 2.26. The van der Waals surface area contributed by atoms with Gasteiger partial charge in [0.1, 0.15) is 0 Å². The van der Waals surface area contributed by atoms with E-state index in [0.717, 1.165) is 28.5 Å². The number of benzene rings is 3. The van der Waals surface area contributed by atoms with Crippen molar-refractivity contribution < 1.29 is 4.79 Å². The van der Waals surface area contributed by atoms with Crippen molar-refractivity contribution in [3.05, 3.63) is 90.5 Å². The van der Waals surface area contributed by atoms with Crippen LogP contribution in [0.25, 0.3) is 0 Å². The average Bonchev–Trinajstić information content (AvgIpc) is 3.15. The van der Waals surface area contributed by atoms with Crippen molar-refractivity contribution in [2.45, 2.75) is 6.92 Å². The van der Waals surface area contributed by atoms with Crippen molar-refractivity contribution in [1.29, 1.82) is 0 Å². The van der Waals surface area contributed by atoms with E-state index in [1.54, 1.807) is 5.12 Å². The monoisotopic (exact) mass is 357 g/mol. The molecule has 0 radical (unpaired) electrons. The lowest BCUT2D eigenvalue weighted by atomic mass is 10.2. The fourth-order valence-electron chi connectivity index (χ4n) is 2.84. The summed E-state index contributed by atoms with van der Waals surface area (Å²) in [4.78, 5) is 11.2. The summed E-state index contributed by atoms with van der Waals surface area (Å²) >= 11 is 0. The van der Waals surface area contributed by atoms with Crippen molar-refractivity contribution in [1.82, 2.24) is 5.53 Å². The van der Waals surface area contributed by atoms with Crippen molar-refractivity contribution in [2.75, 3.05) is 15.4 Å². The smallest absolute Gasteiger partial charge is 0.221 e. The van der Waals surface area contributed by atoms with Crippen molar-refractivity contribution >= 4 is 28.8 Å². The van der Waals surface area contributed by atoms with Crippen molar-refractivity contribution in [3.8, 4) is 0 Å². The molecular formula is C21H19N5O. The van der Waals surface area contributed by atoms with Gasteiger partial charge in [0.2, 0.25) is 5.91 Å². The Morgan fingerprint density at radius 1 is 0.852 bits per heavy atom. The summed E-state index contributed by atoms with van der Waals surface area (Å²) in [5, 5.41) is 11.2. The summed E-state index contributed by atoms with van der Waals surface area (Å²) in [6.45, 7) is 1.49. The van der Waals surface area contributed by atoms with E-state index in [-0.39, 0.29) is 5.91 Å². The maximum absolute atomic E-state index is 11.2. The molecule has 1 heterocycles. The van der Waals surface area contributed by atoms with E-state index < -0.39 is 0 Å². The number of carbonyl (C=O) groups excluding carboxylic acids is 1. The van der Waals surface area contributed by atoms with Crippen LogP contribution < -0.4 is 21.0 Å². The molecule has 1 aliphatic rings. The summed E-state index contributed by atoms with van der Waals surface area (Å²) < 4.78 is 0. The molecule has 3 aromatic carbocycles. The van der Waals surface area contributed by atoms with E-state index in [1.165, 1.54) is 6.92 Å². The van der Waals surface area contributed by atoms with Gasteiger partial charge >= 0.3 is 0 Å². The van der Waals surface area contributed by atoms with E-state index in [2.05, 4.69) is 10.9 Å². The number of hydrazone groups is 1. The Morgan fingerprint density at radius 2 is 1.48 bits per heavy atom. The lowest BCUT2D eigenvalue weighted by Crippen LogP contribution is -2.43. The van der Waals surface area contributed by atoms with Gasteiger partial charge in [-0.05, 0) is 36.4 Å². The highest BCUT2D eigenvalue weighted by Crippen LogP contribution is 2.24. The molecule has 0 aromatic heterocycles. The molecule has 4 rings (SSSR count). The number of hydrogen-bond acceptors (Lipinski definition) is 5. The maximum atomic E-state index is 11.2. The van der Waals surface area contributed by atoms with Gasteiger partial charge in [-0.3, -0.25) is 4.79 Å². The Hall–Kier alpha value is -3.64. The number of nitrogens with one attached hydrogen (secondary N) is 2. The van der Waals surface area contributed by atoms with Gasteiger partial charge in [-0.1, -0.05) is 48.5 Å². The molecule has 0 aliphatic carbocycles. The predicted octanol–water partition coefficient (Wildman–Crippen LogP) is 3.75. The first-order valence-corrected chi connectivity index (χ1v) is 8.64. The fourth-order valence-corrected chi connectivity index (χ4v) is 2.84. The van der Waals surface area contributed by atoms with E-state index >= 15 is 0 Å². The number of anilines is 3. The molecule has 134 valence electrons. The van der Waals surface area contributed by atoms with Gasteiger partial charge in [-0.2, -0.15) is 5.12 Å². The van der Waals surface area contributed by atoms with Gasteiger partial charge in [0.05, 0.1) is 11.4 Å². The normalized spacial score (nSPS) is 13.4. The van der Waals surface area contributed by atoms with E-state index in [0.29, 0.717) is 0 Å². The number of hydrogen-bond donors (Lipinski definition) is 2. The third-order valence-corrected chi connectivity index (χ3v) is 4.08. The molecule has 0 bridgehead atoms. The quantitative estimate of drug-likeness (QED) is 0.747. The molecule has 0 atom stereocenters. The fraction of sp³-hybridized carbons (Fsp3) is 0.0476. The van der Waals surface area contributed by atoms with Crippen LogP contribution in [0.1, 0.15) is 12.5 Å². The van der Waals surface area contributed by atoms with Crippen LogP contribution in [0, 0.1) is 0 Å². The molecule has 0 saturated carbocycles. The van der Waals surface area contributed by atoms with Gasteiger partial charge in [0.25, 0.3) is 0 Å². The second kappa shape index (κ2) is 7.31. The van der Waals surface area contributed by atoms with Gasteiger partial charge < -0.3 is 5.32 Å². The molecule has 0 spiro atoms. The van der Waals surface area contributed by atoms with Crippen LogP contribution in [0.4, 0.5) is 17.1 Å². The van der Waals surface area contributed by atoms with Crippen molar-refractivity contribution in [3.63, 3.8) is 0 Å². The first-order chi connectivity index (χ1) is 13.2. The Bertz CT molecular complexity index is 955. The largest absolute Gasteiger partial charge is 0.326 e. The zero-order valence-electron chi connectivity index (χ0n) is 14.8. The van der Waals surface area contributed by atoms with Crippen LogP contribution in [0.3, 0.4) is 0 Å². The predicted molar refractivity (Wildman–Crippen MR) is 108 cm³/mol. The number of para-hydroxylation sites is 1. The Balaban J connectivity index is 1.66. The molecule has 6 nitrogen and oxygen atoms in total. The van der Waals surface area contributed by atoms with Crippen molar-refractivity contribution in [2.24, 2.45) is 5.10 Å². The lowest BCUT2D eigenvalue weighted by molar-refractivity contribution is -0.114. The number of carbonyl (C=O) groups is 1. The summed E-state index contributed by atoms with van der Waals surface area (Å²) in [6.07, 6.45) is 0. The molecule has 27 heavy (non-hydrogen) atoms. The molecule has 1 amide bonds. The summed E-state index contributed by atoms with van der Waals surface area (Å²) in [5.41, 5.74) is 6.90. The summed E-state index contributed by atoms with van der Waals surface area (Å²) in [5.74, 6) is 0.703. The molecular weight excluding hydrogens is 338 g/mol. The van der Waals surface area contributed by atoms with Crippen LogP contribution >= 0.6 is 0 Å². The van der Waals surface area contributed by atoms with E-state index in [1.807, 2.05) is 89.9 Å². The minimum atomic E-state index is -0.0957. The SMILES string of the molecule is CC(=O)Nc1ccc(N2N=C(c3ccccc3)N(c3ccccc3)N2)cc1. The number of amidine groups is 1. The van der Waals surface area contributed by atoms with Gasteiger partial charge in [-0.25, -0.2) is 5.01 Å². The van der Waals surface area contributed by atoms with Crippen LogP contribution in [0.2, 0.25) is 0 Å². The average molecular weight is 357 g/mol. The third kappa shape index (κ3) is 3.65. The van der Waals surface area contributed by atoms with E-state index in [9.17, 15) is 4.79 Å². The molecule has 0 unspecified atom stereocenters. The Labute approximate surface area is 157 Å². The molecule has 0 fully saturated rings. The zero-order chi connectivity index (χ0) is 18.6. The molecule has 1 aliphatic heterocycles. The van der Waals surface area contributed by atoms with Gasteiger partial charge in [0.15, 0.2) is 5.84 Å². The first-order valence-electron chi connectivity index (χ1n) is 8.64. The number of rotatable bonds is 4. The van der Waals surface area contributed by atoms with Crippen LogP contribution in [-0.4, -0.2) is 11.7 Å². The summed E-state index contributed by atoms with van der Waals surface area (Å²) in [7, 11) is 0. The second-order valence-electron chi connectivity index (χ2n) is 6.10. The molecule has 0 saturated heterocycles. The van der Waals surface area contributed by atoms with Crippen LogP contribution in [0.15, 0.2) is 90.0 Å². The number of hydrazine groups is 2. The molecule has 6 heteroatoms. The van der Waals surface area contributed by atoms with E-state index in [4.69, 9.17) is 5.10 Å². The van der Waals surface area contributed by atoms with Gasteiger partial charge in [-0.15, -0.1) is 10.6 Å². The van der Waals surface area contributed by atoms with Gasteiger partial charge in [0, 0.05) is 18.2 Å². The highest BCUT2D eigenvalue weighted by molar-refractivity contribution is 6.11. The Morgan fingerprint density at radius 3 is 2.11 bits per heavy atom. The zero-order valence-corrected chi connectivity index (χ0v) is 14.8. The maximum Gasteiger partial charge on any atom is 0.221 e. The molecule has 3 aromatic rings. The third-order valence-electron chi connectivity index (χ3n) is 4.08. The Kier molecular flexibility index (Phi) is 4.55. The lowest BCUT2D eigenvalue weighted by Gasteiger charge is -2.22. The van der Waals surface area contributed by atoms with Crippen LogP contribution in [-0.2, 0) is 4.79 Å². The highest BCUT2D eigenvalue weighted by atomic mass is 16.1. The number of nitrogens with zero attached hydrogens (tertiary/aromatic N) is 3. The summed E-state index contributed by atoms with van der Waals surface area (Å²) in [6, 6.07) is 27.5. The minimum Gasteiger partial charge on any atom is -0.326 e. The van der Waals surface area contributed by atoms with Crippen LogP contribution in [0.5, 0.6) is 0 Å². The molecule has 2 N–H and O–H groups in total.